The third-order valence-corrected chi connectivity index (χ3v) is 3.60. The third-order valence-electron chi connectivity index (χ3n) is 3.27. The molecule has 5 heteroatoms. The van der Waals surface area contributed by atoms with Crippen molar-refractivity contribution in [3.8, 4) is 0 Å². The van der Waals surface area contributed by atoms with Crippen LogP contribution in [0.4, 0.5) is 4.79 Å². The van der Waals surface area contributed by atoms with Gasteiger partial charge in [0.2, 0.25) is 0 Å². The van der Waals surface area contributed by atoms with Crippen molar-refractivity contribution in [1.29, 1.82) is 0 Å². The number of carbonyl (C=O) groups excluding carboxylic acids is 2. The van der Waals surface area contributed by atoms with Gasteiger partial charge in [-0.1, -0.05) is 54.1 Å². The van der Waals surface area contributed by atoms with E-state index in [0.717, 1.165) is 5.56 Å². The van der Waals surface area contributed by atoms with Crippen LogP contribution in [0.15, 0.2) is 54.6 Å². The van der Waals surface area contributed by atoms with Crippen LogP contribution in [-0.2, 0) is 5.54 Å². The monoisotopic (exact) mass is 316 g/mol. The quantitative estimate of drug-likeness (QED) is 0.906. The lowest BCUT2D eigenvalue weighted by Crippen LogP contribution is -2.48. The molecule has 2 rings (SSSR count). The molecule has 0 heterocycles. The Bertz CT molecular complexity index is 684. The molecule has 0 bridgehead atoms. The van der Waals surface area contributed by atoms with Crippen LogP contribution in [0.25, 0.3) is 0 Å². The van der Waals surface area contributed by atoms with Crippen molar-refractivity contribution in [3.05, 3.63) is 70.7 Å². The van der Waals surface area contributed by atoms with E-state index in [1.54, 1.807) is 24.3 Å². The SMILES string of the molecule is CC(C)(NC(=O)NC(=O)c1ccccc1Cl)c1ccccc1. The Morgan fingerprint density at radius 2 is 1.55 bits per heavy atom. The van der Waals surface area contributed by atoms with Crippen LogP contribution in [0.3, 0.4) is 0 Å². The van der Waals surface area contributed by atoms with Gasteiger partial charge in [-0.15, -0.1) is 0 Å². The summed E-state index contributed by atoms with van der Waals surface area (Å²) in [7, 11) is 0. The number of benzene rings is 2. The third kappa shape index (κ3) is 3.86. The predicted octanol–water partition coefficient (Wildman–Crippen LogP) is 3.71. The van der Waals surface area contributed by atoms with E-state index in [1.165, 1.54) is 0 Å². The molecule has 0 unspecified atom stereocenters. The summed E-state index contributed by atoms with van der Waals surface area (Å²) < 4.78 is 0. The molecule has 22 heavy (non-hydrogen) atoms. The van der Waals surface area contributed by atoms with E-state index < -0.39 is 17.5 Å². The second-order valence-corrected chi connectivity index (χ2v) is 5.79. The highest BCUT2D eigenvalue weighted by Gasteiger charge is 2.23. The second-order valence-electron chi connectivity index (χ2n) is 5.38. The summed E-state index contributed by atoms with van der Waals surface area (Å²) >= 11 is 5.94. The maximum Gasteiger partial charge on any atom is 0.322 e. The van der Waals surface area contributed by atoms with Gasteiger partial charge in [0, 0.05) is 0 Å². The Morgan fingerprint density at radius 1 is 0.955 bits per heavy atom. The number of nitrogens with one attached hydrogen (secondary N) is 2. The topological polar surface area (TPSA) is 58.2 Å². The van der Waals surface area contributed by atoms with Gasteiger partial charge >= 0.3 is 6.03 Å². The summed E-state index contributed by atoms with van der Waals surface area (Å²) in [5.74, 6) is -0.535. The van der Waals surface area contributed by atoms with E-state index in [1.807, 2.05) is 44.2 Å². The van der Waals surface area contributed by atoms with E-state index in [0.29, 0.717) is 5.02 Å². The Hall–Kier alpha value is -2.33. The van der Waals surface area contributed by atoms with Crippen molar-refractivity contribution in [2.75, 3.05) is 0 Å². The molecule has 2 aromatic carbocycles. The Morgan fingerprint density at radius 3 is 2.18 bits per heavy atom. The predicted molar refractivity (Wildman–Crippen MR) is 86.9 cm³/mol. The van der Waals surface area contributed by atoms with Crippen molar-refractivity contribution in [2.24, 2.45) is 0 Å². The molecular formula is C17H17ClN2O2. The van der Waals surface area contributed by atoms with Gasteiger partial charge in [0.1, 0.15) is 0 Å². The highest BCUT2D eigenvalue weighted by molar-refractivity contribution is 6.34. The molecule has 3 amide bonds. The maximum absolute atomic E-state index is 12.0. The van der Waals surface area contributed by atoms with Crippen molar-refractivity contribution >= 4 is 23.5 Å². The lowest BCUT2D eigenvalue weighted by atomic mass is 9.95. The summed E-state index contributed by atoms with van der Waals surface area (Å²) in [4.78, 5) is 24.1. The molecule has 0 radical (unpaired) electrons. The van der Waals surface area contributed by atoms with Gasteiger partial charge in [0.05, 0.1) is 16.1 Å². The number of rotatable bonds is 3. The van der Waals surface area contributed by atoms with E-state index in [4.69, 9.17) is 11.6 Å². The number of hydrogen-bond donors (Lipinski definition) is 2. The van der Waals surface area contributed by atoms with Gasteiger partial charge in [0.25, 0.3) is 5.91 Å². The molecule has 0 fully saturated rings. The number of urea groups is 1. The summed E-state index contributed by atoms with van der Waals surface area (Å²) in [6.45, 7) is 3.73. The minimum absolute atomic E-state index is 0.261. The van der Waals surface area contributed by atoms with Crippen LogP contribution in [-0.4, -0.2) is 11.9 Å². The molecular weight excluding hydrogens is 300 g/mol. The minimum Gasteiger partial charge on any atom is -0.329 e. The fourth-order valence-electron chi connectivity index (χ4n) is 2.06. The molecule has 2 N–H and O–H groups in total. The Kier molecular flexibility index (Phi) is 4.83. The second kappa shape index (κ2) is 6.62. The van der Waals surface area contributed by atoms with Crippen LogP contribution in [0.5, 0.6) is 0 Å². The molecule has 114 valence electrons. The summed E-state index contributed by atoms with van der Waals surface area (Å²) in [5.41, 5.74) is 0.596. The maximum atomic E-state index is 12.0. The number of hydrogen-bond acceptors (Lipinski definition) is 2. The van der Waals surface area contributed by atoms with Crippen molar-refractivity contribution < 1.29 is 9.59 Å². The fraction of sp³-hybridized carbons (Fsp3) is 0.176. The normalized spacial score (nSPS) is 10.9. The molecule has 0 aliphatic carbocycles. The first kappa shape index (κ1) is 16.0. The number of amides is 3. The lowest BCUT2D eigenvalue weighted by molar-refractivity contribution is 0.0962. The van der Waals surface area contributed by atoms with Crippen molar-refractivity contribution in [3.63, 3.8) is 0 Å². The molecule has 0 saturated heterocycles. The lowest BCUT2D eigenvalue weighted by Gasteiger charge is -2.26. The molecule has 0 aliphatic rings. The average Bonchev–Trinajstić information content (AvgIpc) is 2.47. The first-order valence-corrected chi connectivity index (χ1v) is 7.21. The van der Waals surface area contributed by atoms with Crippen LogP contribution >= 0.6 is 11.6 Å². The molecule has 2 aromatic rings. The van der Waals surface area contributed by atoms with E-state index in [2.05, 4.69) is 10.6 Å². The van der Waals surface area contributed by atoms with E-state index in [9.17, 15) is 9.59 Å². The zero-order valence-corrected chi connectivity index (χ0v) is 13.1. The zero-order valence-electron chi connectivity index (χ0n) is 12.4. The Balaban J connectivity index is 2.04. The number of imide groups is 1. The molecule has 0 aliphatic heterocycles. The first-order valence-electron chi connectivity index (χ1n) is 6.84. The molecule has 0 atom stereocenters. The zero-order chi connectivity index (χ0) is 16.2. The summed E-state index contributed by atoms with van der Waals surface area (Å²) in [6, 6.07) is 15.5. The van der Waals surface area contributed by atoms with Gasteiger partial charge in [-0.3, -0.25) is 10.1 Å². The Labute approximate surface area is 134 Å². The average molecular weight is 317 g/mol. The molecule has 4 nitrogen and oxygen atoms in total. The van der Waals surface area contributed by atoms with Crippen LogP contribution in [0.2, 0.25) is 5.02 Å². The fourth-order valence-corrected chi connectivity index (χ4v) is 2.28. The summed E-state index contributed by atoms with van der Waals surface area (Å²) in [6.07, 6.45) is 0. The van der Waals surface area contributed by atoms with Gasteiger partial charge in [-0.25, -0.2) is 4.79 Å². The molecule has 0 aromatic heterocycles. The van der Waals surface area contributed by atoms with Gasteiger partial charge in [0.15, 0.2) is 0 Å². The standard InChI is InChI=1S/C17H17ClN2O2/c1-17(2,12-8-4-3-5-9-12)20-16(22)19-15(21)13-10-6-7-11-14(13)18/h3-11H,1-2H3,(H2,19,20,21,22). The van der Waals surface area contributed by atoms with E-state index >= 15 is 0 Å². The highest BCUT2D eigenvalue weighted by atomic mass is 35.5. The van der Waals surface area contributed by atoms with Gasteiger partial charge in [-0.2, -0.15) is 0 Å². The van der Waals surface area contributed by atoms with Crippen LogP contribution < -0.4 is 10.6 Å². The van der Waals surface area contributed by atoms with Crippen molar-refractivity contribution in [1.82, 2.24) is 10.6 Å². The largest absolute Gasteiger partial charge is 0.329 e. The van der Waals surface area contributed by atoms with E-state index in [-0.39, 0.29) is 5.56 Å². The van der Waals surface area contributed by atoms with Gasteiger partial charge < -0.3 is 5.32 Å². The van der Waals surface area contributed by atoms with Crippen molar-refractivity contribution in [2.45, 2.75) is 19.4 Å². The number of carbonyl (C=O) groups is 2. The minimum atomic E-state index is -0.605. The molecule has 0 spiro atoms. The first-order chi connectivity index (χ1) is 10.4. The highest BCUT2D eigenvalue weighted by Crippen LogP contribution is 2.19. The smallest absolute Gasteiger partial charge is 0.322 e. The van der Waals surface area contributed by atoms with Gasteiger partial charge in [-0.05, 0) is 31.5 Å². The summed E-state index contributed by atoms with van der Waals surface area (Å²) in [5, 5.41) is 5.37. The van der Waals surface area contributed by atoms with Crippen LogP contribution in [0.1, 0.15) is 29.8 Å². The van der Waals surface area contributed by atoms with Crippen LogP contribution in [0, 0.1) is 0 Å². The number of halogens is 1. The molecule has 0 saturated carbocycles.